The number of hydrogen-bond acceptors (Lipinski definition) is 3. The molecule has 1 heterocycles. The Bertz CT molecular complexity index is 506. The van der Waals surface area contributed by atoms with Crippen LogP contribution in [0.4, 0.5) is 0 Å². The molecule has 78 valence electrons. The lowest BCUT2D eigenvalue weighted by atomic mass is 10.2. The monoisotopic (exact) mass is 221 g/mol. The second kappa shape index (κ2) is 3.94. The predicted octanol–water partition coefficient (Wildman–Crippen LogP) is 1.45. The first-order valence-corrected chi connectivity index (χ1v) is 5.51. The number of aryl methyl sites for hydroxylation is 1. The zero-order valence-electron chi connectivity index (χ0n) is 8.28. The van der Waals surface area contributed by atoms with Gasteiger partial charge in [-0.25, -0.2) is 4.98 Å². The molecule has 1 aromatic carbocycles. The maximum Gasteiger partial charge on any atom is 0.227 e. The van der Waals surface area contributed by atoms with Gasteiger partial charge in [-0.1, -0.05) is 17.8 Å². The van der Waals surface area contributed by atoms with E-state index in [1.54, 1.807) is 0 Å². The first kappa shape index (κ1) is 10.0. The van der Waals surface area contributed by atoms with Crippen LogP contribution in [0.25, 0.3) is 11.0 Å². The molecular weight excluding hydrogens is 210 g/mol. The molecule has 0 atom stereocenters. The molecule has 3 N–H and O–H groups in total. The van der Waals surface area contributed by atoms with E-state index in [9.17, 15) is 4.79 Å². The molecule has 0 unspecified atom stereocenters. The van der Waals surface area contributed by atoms with Crippen LogP contribution in [0.15, 0.2) is 23.4 Å². The van der Waals surface area contributed by atoms with Crippen molar-refractivity contribution < 1.29 is 4.79 Å². The van der Waals surface area contributed by atoms with Crippen molar-refractivity contribution in [1.29, 1.82) is 0 Å². The van der Waals surface area contributed by atoms with Gasteiger partial charge in [-0.3, -0.25) is 4.79 Å². The third-order valence-electron chi connectivity index (χ3n) is 1.97. The summed E-state index contributed by atoms with van der Waals surface area (Å²) in [4.78, 5) is 18.1. The van der Waals surface area contributed by atoms with Crippen LogP contribution in [0, 0.1) is 6.92 Å². The van der Waals surface area contributed by atoms with E-state index >= 15 is 0 Å². The highest BCUT2D eigenvalue weighted by molar-refractivity contribution is 7.99. The normalized spacial score (nSPS) is 10.7. The quantitative estimate of drug-likeness (QED) is 0.770. The Labute approximate surface area is 91.3 Å². The number of rotatable bonds is 3. The Morgan fingerprint density at radius 2 is 2.40 bits per heavy atom. The summed E-state index contributed by atoms with van der Waals surface area (Å²) in [5.41, 5.74) is 8.12. The summed E-state index contributed by atoms with van der Waals surface area (Å²) in [7, 11) is 0. The van der Waals surface area contributed by atoms with E-state index in [2.05, 4.69) is 9.97 Å². The van der Waals surface area contributed by atoms with Crippen LogP contribution in [0.1, 0.15) is 5.56 Å². The van der Waals surface area contributed by atoms with Crippen molar-refractivity contribution in [3.63, 3.8) is 0 Å². The van der Waals surface area contributed by atoms with Crippen molar-refractivity contribution in [2.75, 3.05) is 5.75 Å². The van der Waals surface area contributed by atoms with Crippen molar-refractivity contribution in [3.8, 4) is 0 Å². The summed E-state index contributed by atoms with van der Waals surface area (Å²) >= 11 is 1.32. The highest BCUT2D eigenvalue weighted by atomic mass is 32.2. The van der Waals surface area contributed by atoms with Crippen LogP contribution in [-0.2, 0) is 4.79 Å². The smallest absolute Gasteiger partial charge is 0.227 e. The van der Waals surface area contributed by atoms with Crippen LogP contribution in [0.2, 0.25) is 0 Å². The largest absolute Gasteiger partial charge is 0.369 e. The van der Waals surface area contributed by atoms with Gasteiger partial charge in [-0.15, -0.1) is 0 Å². The van der Waals surface area contributed by atoms with E-state index in [0.717, 1.165) is 16.2 Å². The molecule has 1 amide bonds. The first-order valence-electron chi connectivity index (χ1n) is 4.52. The number of H-pyrrole nitrogens is 1. The van der Waals surface area contributed by atoms with E-state index < -0.39 is 0 Å². The molecule has 2 rings (SSSR count). The number of nitrogens with two attached hydrogens (primary N) is 1. The number of nitrogens with one attached hydrogen (secondary N) is 1. The molecule has 1 aromatic heterocycles. The number of carbonyl (C=O) groups is 1. The minimum Gasteiger partial charge on any atom is -0.369 e. The molecule has 0 saturated heterocycles. The van der Waals surface area contributed by atoms with Crippen molar-refractivity contribution in [3.05, 3.63) is 23.8 Å². The lowest BCUT2D eigenvalue weighted by Crippen LogP contribution is -2.13. The SMILES string of the molecule is Cc1ccc2[nH]c(SCC(N)=O)nc2c1. The number of amides is 1. The molecule has 0 bridgehead atoms. The Hall–Kier alpha value is -1.49. The average Bonchev–Trinajstić information content (AvgIpc) is 2.56. The number of thioether (sulfide) groups is 1. The number of primary amides is 1. The van der Waals surface area contributed by atoms with Gasteiger partial charge in [-0.2, -0.15) is 0 Å². The summed E-state index contributed by atoms with van der Waals surface area (Å²) in [5.74, 6) is -0.0876. The highest BCUT2D eigenvalue weighted by Crippen LogP contribution is 2.19. The fraction of sp³-hybridized carbons (Fsp3) is 0.200. The van der Waals surface area contributed by atoms with Gasteiger partial charge >= 0.3 is 0 Å². The number of nitrogens with zero attached hydrogens (tertiary/aromatic N) is 1. The van der Waals surface area contributed by atoms with Crippen molar-refractivity contribution >= 4 is 28.7 Å². The van der Waals surface area contributed by atoms with Gasteiger partial charge in [0.05, 0.1) is 16.8 Å². The number of aromatic amines is 1. The van der Waals surface area contributed by atoms with Gasteiger partial charge in [0.1, 0.15) is 0 Å². The molecule has 5 heteroatoms. The summed E-state index contributed by atoms with van der Waals surface area (Å²) in [6, 6.07) is 6.00. The van der Waals surface area contributed by atoms with Crippen molar-refractivity contribution in [2.24, 2.45) is 5.73 Å². The molecule has 15 heavy (non-hydrogen) atoms. The number of carbonyl (C=O) groups excluding carboxylic acids is 1. The zero-order chi connectivity index (χ0) is 10.8. The molecule has 0 aliphatic carbocycles. The fourth-order valence-corrected chi connectivity index (χ4v) is 1.92. The molecule has 0 radical (unpaired) electrons. The second-order valence-corrected chi connectivity index (χ2v) is 4.28. The Morgan fingerprint density at radius 1 is 1.60 bits per heavy atom. The average molecular weight is 221 g/mol. The molecule has 0 spiro atoms. The van der Waals surface area contributed by atoms with E-state index in [-0.39, 0.29) is 11.7 Å². The summed E-state index contributed by atoms with van der Waals surface area (Å²) < 4.78 is 0. The fourth-order valence-electron chi connectivity index (χ4n) is 1.30. The third kappa shape index (κ3) is 2.30. The van der Waals surface area contributed by atoms with Gasteiger partial charge in [0.2, 0.25) is 5.91 Å². The number of aromatic nitrogens is 2. The zero-order valence-corrected chi connectivity index (χ0v) is 9.10. The number of fused-ring (bicyclic) bond motifs is 1. The van der Waals surface area contributed by atoms with Crippen LogP contribution in [-0.4, -0.2) is 21.6 Å². The Morgan fingerprint density at radius 3 is 3.13 bits per heavy atom. The van der Waals surface area contributed by atoms with E-state index in [4.69, 9.17) is 5.73 Å². The van der Waals surface area contributed by atoms with Crippen molar-refractivity contribution in [1.82, 2.24) is 9.97 Å². The first-order chi connectivity index (χ1) is 7.15. The van der Waals surface area contributed by atoms with Gasteiger partial charge < -0.3 is 10.7 Å². The lowest BCUT2D eigenvalue weighted by Gasteiger charge is -1.90. The lowest BCUT2D eigenvalue weighted by molar-refractivity contribution is -0.115. The molecule has 0 aliphatic heterocycles. The third-order valence-corrected chi connectivity index (χ3v) is 2.86. The maximum atomic E-state index is 10.6. The minimum atomic E-state index is -0.336. The number of imidazole rings is 1. The Balaban J connectivity index is 2.27. The van der Waals surface area contributed by atoms with Crippen molar-refractivity contribution in [2.45, 2.75) is 12.1 Å². The van der Waals surface area contributed by atoms with E-state index in [1.807, 2.05) is 25.1 Å². The van der Waals surface area contributed by atoms with Crippen LogP contribution in [0.5, 0.6) is 0 Å². The Kier molecular flexibility index (Phi) is 2.64. The summed E-state index contributed by atoms with van der Waals surface area (Å²) in [5, 5.41) is 0.731. The molecule has 0 aliphatic rings. The van der Waals surface area contributed by atoms with Gasteiger partial charge in [0, 0.05) is 0 Å². The van der Waals surface area contributed by atoms with Crippen LogP contribution >= 0.6 is 11.8 Å². The molecule has 2 aromatic rings. The molecule has 0 saturated carbocycles. The summed E-state index contributed by atoms with van der Waals surface area (Å²) in [6.45, 7) is 2.02. The van der Waals surface area contributed by atoms with E-state index in [0.29, 0.717) is 0 Å². The minimum absolute atomic E-state index is 0.249. The van der Waals surface area contributed by atoms with Gasteiger partial charge in [0.15, 0.2) is 5.16 Å². The molecule has 0 fully saturated rings. The topological polar surface area (TPSA) is 71.8 Å². The van der Waals surface area contributed by atoms with Gasteiger partial charge in [0.25, 0.3) is 0 Å². The maximum absolute atomic E-state index is 10.6. The molecular formula is C10H11N3OS. The van der Waals surface area contributed by atoms with Gasteiger partial charge in [-0.05, 0) is 24.6 Å². The molecule has 4 nitrogen and oxygen atoms in total. The van der Waals surface area contributed by atoms with Crippen LogP contribution < -0.4 is 5.73 Å². The second-order valence-electron chi connectivity index (χ2n) is 3.32. The summed E-state index contributed by atoms with van der Waals surface area (Å²) in [6.07, 6.45) is 0. The van der Waals surface area contributed by atoms with E-state index in [1.165, 1.54) is 17.3 Å². The predicted molar refractivity (Wildman–Crippen MR) is 60.7 cm³/mol. The number of benzene rings is 1. The number of hydrogen-bond donors (Lipinski definition) is 2. The van der Waals surface area contributed by atoms with Crippen LogP contribution in [0.3, 0.4) is 0 Å². The standard InChI is InChI=1S/C10H11N3OS/c1-6-2-3-7-8(4-6)13-10(12-7)15-5-9(11)14/h2-4H,5H2,1H3,(H2,11,14)(H,12,13). The highest BCUT2D eigenvalue weighted by Gasteiger charge is 2.04.